The van der Waals surface area contributed by atoms with Crippen molar-refractivity contribution < 1.29 is 4.79 Å². The van der Waals surface area contributed by atoms with E-state index in [-0.39, 0.29) is 0 Å². The van der Waals surface area contributed by atoms with Crippen molar-refractivity contribution in [2.24, 2.45) is 0 Å². The maximum atomic E-state index is 10.1. The largest absolute Gasteiger partial charge is 0.353 e. The molecule has 2 rings (SSSR count). The first kappa shape index (κ1) is 10.7. The molecule has 0 aliphatic carbocycles. The average Bonchev–Trinajstić information content (AvgIpc) is 2.68. The number of hydrogen-bond acceptors (Lipinski definition) is 4. The number of rotatable bonds is 4. The maximum Gasteiger partial charge on any atom is 0.207 e. The molecule has 78 valence electrons. The molecule has 0 saturated heterocycles. The van der Waals surface area contributed by atoms with Gasteiger partial charge in [0.05, 0.1) is 18.4 Å². The number of hydrogen-bond donors (Lipinski definition) is 1. The Morgan fingerprint density at radius 1 is 1.67 bits per heavy atom. The molecule has 1 amide bonds. The Morgan fingerprint density at radius 3 is 3.27 bits per heavy atom. The first-order valence-corrected chi connectivity index (χ1v) is 7.46. The number of carbonyl (C=O) groups is 1. The highest BCUT2D eigenvalue weighted by atomic mass is 127. The quantitative estimate of drug-likeness (QED) is 0.680. The van der Waals surface area contributed by atoms with Crippen LogP contribution in [-0.2, 0) is 11.3 Å². The van der Waals surface area contributed by atoms with E-state index in [0.717, 1.165) is 16.9 Å². The number of carbonyl (C=O) groups excluding carboxylic acids is 1. The van der Waals surface area contributed by atoms with Crippen molar-refractivity contribution in [3.05, 3.63) is 24.2 Å². The molecule has 0 radical (unpaired) electrons. The first-order chi connectivity index (χ1) is 7.35. The van der Waals surface area contributed by atoms with Crippen LogP contribution in [0.15, 0.2) is 18.5 Å². The third-order valence-electron chi connectivity index (χ3n) is 1.85. The summed E-state index contributed by atoms with van der Waals surface area (Å²) in [6, 6.07) is 1.90. The standard InChI is InChI=1S/C8H7IN4OS/c9-15-13-2-1-7-8(13)11-4-6(12-7)3-10-5-14/h1-2,4-5H,3H2,(H,10,14). The highest BCUT2D eigenvalue weighted by molar-refractivity contribution is 14.2. The fraction of sp³-hybridized carbons (Fsp3) is 0.125. The summed E-state index contributed by atoms with van der Waals surface area (Å²) in [5, 5.41) is 2.55. The first-order valence-electron chi connectivity index (χ1n) is 4.14. The van der Waals surface area contributed by atoms with Crippen molar-refractivity contribution in [3.8, 4) is 0 Å². The monoisotopic (exact) mass is 334 g/mol. The lowest BCUT2D eigenvalue weighted by molar-refractivity contribution is -0.109. The molecule has 0 saturated carbocycles. The zero-order valence-electron chi connectivity index (χ0n) is 7.55. The summed E-state index contributed by atoms with van der Waals surface area (Å²) in [4.78, 5) is 18.8. The second-order valence-electron chi connectivity index (χ2n) is 2.78. The molecule has 0 aliphatic heterocycles. The van der Waals surface area contributed by atoms with E-state index >= 15 is 0 Å². The van der Waals surface area contributed by atoms with Gasteiger partial charge >= 0.3 is 0 Å². The Bertz CT molecular complexity index is 486. The summed E-state index contributed by atoms with van der Waals surface area (Å²) in [5.74, 6) is 0. The van der Waals surface area contributed by atoms with E-state index in [1.165, 1.54) is 0 Å². The SMILES string of the molecule is O=CNCc1cnc2c(ccn2SI)n1. The highest BCUT2D eigenvalue weighted by Crippen LogP contribution is 2.21. The van der Waals surface area contributed by atoms with E-state index in [9.17, 15) is 4.79 Å². The summed E-state index contributed by atoms with van der Waals surface area (Å²) in [5.41, 5.74) is 2.43. The minimum atomic E-state index is 0.412. The Kier molecular flexibility index (Phi) is 3.41. The summed E-state index contributed by atoms with van der Waals surface area (Å²) >= 11 is 2.18. The minimum Gasteiger partial charge on any atom is -0.353 e. The number of fused-ring (bicyclic) bond motifs is 1. The van der Waals surface area contributed by atoms with Gasteiger partial charge in [0, 0.05) is 36.5 Å². The lowest BCUT2D eigenvalue weighted by Gasteiger charge is -1.99. The maximum absolute atomic E-state index is 10.1. The van der Waals surface area contributed by atoms with Gasteiger partial charge in [0.1, 0.15) is 5.52 Å². The predicted molar refractivity (Wildman–Crippen MR) is 67.4 cm³/mol. The van der Waals surface area contributed by atoms with E-state index in [0.29, 0.717) is 13.0 Å². The molecule has 2 heterocycles. The van der Waals surface area contributed by atoms with Crippen LogP contribution < -0.4 is 5.32 Å². The molecular formula is C8H7IN4OS. The van der Waals surface area contributed by atoms with Gasteiger partial charge in [0.15, 0.2) is 5.65 Å². The Balaban J connectivity index is 2.35. The van der Waals surface area contributed by atoms with Crippen LogP contribution >= 0.6 is 30.3 Å². The van der Waals surface area contributed by atoms with Crippen molar-refractivity contribution in [1.82, 2.24) is 19.3 Å². The lowest BCUT2D eigenvalue weighted by Crippen LogP contribution is -2.11. The number of nitrogens with one attached hydrogen (secondary N) is 1. The van der Waals surface area contributed by atoms with Gasteiger partial charge in [-0.1, -0.05) is 0 Å². The van der Waals surface area contributed by atoms with Gasteiger partial charge in [-0.2, -0.15) is 0 Å². The molecule has 0 aromatic carbocycles. The number of nitrogens with zero attached hydrogens (tertiary/aromatic N) is 3. The molecule has 5 nitrogen and oxygen atoms in total. The van der Waals surface area contributed by atoms with Gasteiger partial charge in [-0.15, -0.1) is 0 Å². The van der Waals surface area contributed by atoms with E-state index in [4.69, 9.17) is 0 Å². The van der Waals surface area contributed by atoms with E-state index in [1.807, 2.05) is 16.2 Å². The smallest absolute Gasteiger partial charge is 0.207 e. The Hall–Kier alpha value is -0.830. The number of halogens is 1. The average molecular weight is 334 g/mol. The van der Waals surface area contributed by atoms with Crippen LogP contribution in [-0.4, -0.2) is 20.4 Å². The van der Waals surface area contributed by atoms with E-state index < -0.39 is 0 Å². The lowest BCUT2D eigenvalue weighted by atomic mass is 10.4. The highest BCUT2D eigenvalue weighted by Gasteiger charge is 2.04. The molecule has 0 atom stereocenters. The third kappa shape index (κ3) is 2.23. The van der Waals surface area contributed by atoms with Gasteiger partial charge in [-0.3, -0.25) is 8.77 Å². The second-order valence-corrected chi connectivity index (χ2v) is 4.49. The van der Waals surface area contributed by atoms with Crippen molar-refractivity contribution in [2.75, 3.05) is 0 Å². The van der Waals surface area contributed by atoms with Crippen LogP contribution in [0, 0.1) is 0 Å². The fourth-order valence-electron chi connectivity index (χ4n) is 1.21. The van der Waals surface area contributed by atoms with Gasteiger partial charge in [0.25, 0.3) is 0 Å². The minimum absolute atomic E-state index is 0.412. The third-order valence-corrected chi connectivity index (χ3v) is 3.56. The van der Waals surface area contributed by atoms with Crippen LogP contribution in [0.25, 0.3) is 11.2 Å². The normalized spacial score (nSPS) is 10.5. The molecular weight excluding hydrogens is 327 g/mol. The molecule has 1 N–H and O–H groups in total. The Labute approximate surface area is 102 Å². The summed E-state index contributed by atoms with van der Waals surface area (Å²) in [6.07, 6.45) is 4.23. The predicted octanol–water partition coefficient (Wildman–Crippen LogP) is 1.52. The van der Waals surface area contributed by atoms with Crippen LogP contribution in [0.1, 0.15) is 5.69 Å². The molecule has 0 spiro atoms. The topological polar surface area (TPSA) is 59.8 Å². The van der Waals surface area contributed by atoms with E-state index in [2.05, 4.69) is 36.5 Å². The van der Waals surface area contributed by atoms with Crippen LogP contribution in [0.2, 0.25) is 0 Å². The van der Waals surface area contributed by atoms with Gasteiger partial charge in [-0.05, 0) is 6.07 Å². The molecule has 0 fully saturated rings. The molecule has 2 aromatic heterocycles. The molecule has 0 bridgehead atoms. The molecule has 0 unspecified atom stereocenters. The van der Waals surface area contributed by atoms with Crippen molar-refractivity contribution >= 4 is 47.9 Å². The molecule has 0 aliphatic rings. The van der Waals surface area contributed by atoms with Gasteiger partial charge < -0.3 is 5.32 Å². The van der Waals surface area contributed by atoms with Crippen molar-refractivity contribution in [2.45, 2.75) is 6.54 Å². The molecule has 7 heteroatoms. The zero-order chi connectivity index (χ0) is 10.7. The number of aromatic nitrogens is 3. The van der Waals surface area contributed by atoms with Crippen molar-refractivity contribution in [1.29, 1.82) is 0 Å². The van der Waals surface area contributed by atoms with Crippen molar-refractivity contribution in [3.63, 3.8) is 0 Å². The second kappa shape index (κ2) is 4.79. The molecule has 15 heavy (non-hydrogen) atoms. The van der Waals surface area contributed by atoms with Crippen LogP contribution in [0.5, 0.6) is 0 Å². The summed E-state index contributed by atoms with van der Waals surface area (Å²) in [6.45, 7) is 0.412. The molecule has 2 aromatic rings. The van der Waals surface area contributed by atoms with Crippen LogP contribution in [0.4, 0.5) is 0 Å². The van der Waals surface area contributed by atoms with Gasteiger partial charge in [-0.25, -0.2) is 9.97 Å². The van der Waals surface area contributed by atoms with Crippen LogP contribution in [0.3, 0.4) is 0 Å². The van der Waals surface area contributed by atoms with Gasteiger partial charge in [0.2, 0.25) is 6.41 Å². The fourth-order valence-corrected chi connectivity index (χ4v) is 2.48. The van der Waals surface area contributed by atoms with E-state index in [1.54, 1.807) is 15.3 Å². The summed E-state index contributed by atoms with van der Waals surface area (Å²) in [7, 11) is 1.54. The number of amides is 1. The Morgan fingerprint density at radius 2 is 2.53 bits per heavy atom. The zero-order valence-corrected chi connectivity index (χ0v) is 10.5. The summed E-state index contributed by atoms with van der Waals surface area (Å²) < 4.78 is 1.93.